The number of nitro benzene ring substituents is 1. The maximum absolute atomic E-state index is 11.9. The van der Waals surface area contributed by atoms with Crippen LogP contribution in [0.15, 0.2) is 76.4 Å². The zero-order valence-corrected chi connectivity index (χ0v) is 13.5. The number of carbonyl (C=O) groups is 1. The van der Waals surface area contributed by atoms with Crippen LogP contribution in [0.2, 0.25) is 0 Å². The van der Waals surface area contributed by atoms with Gasteiger partial charge in [0.1, 0.15) is 0 Å². The molecule has 0 bridgehead atoms. The predicted octanol–water partition coefficient (Wildman–Crippen LogP) is 4.06. The number of cyclic esters (lactones) is 1. The first kappa shape index (κ1) is 16.6. The zero-order chi connectivity index (χ0) is 17.8. The summed E-state index contributed by atoms with van der Waals surface area (Å²) in [7, 11) is 0. The van der Waals surface area contributed by atoms with Crippen LogP contribution in [-0.2, 0) is 9.53 Å². The third kappa shape index (κ3) is 3.99. The van der Waals surface area contributed by atoms with Gasteiger partial charge >= 0.3 is 5.97 Å². The van der Waals surface area contributed by atoms with E-state index in [-0.39, 0.29) is 17.3 Å². The first-order chi connectivity index (χ1) is 12.0. The smallest absolute Gasteiger partial charge is 0.363 e. The molecule has 0 N–H and O–H groups in total. The molecular formula is C18H11ClN2O4. The summed E-state index contributed by atoms with van der Waals surface area (Å²) < 4.78 is 5.10. The average molecular weight is 355 g/mol. The van der Waals surface area contributed by atoms with Crippen LogP contribution in [0.5, 0.6) is 0 Å². The van der Waals surface area contributed by atoms with Crippen LogP contribution < -0.4 is 0 Å². The third-order valence-corrected chi connectivity index (χ3v) is 3.54. The molecule has 0 amide bonds. The fourth-order valence-corrected chi connectivity index (χ4v) is 2.37. The lowest BCUT2D eigenvalue weighted by atomic mass is 10.2. The lowest BCUT2D eigenvalue weighted by molar-refractivity contribution is -0.384. The Hall–Kier alpha value is -3.25. The standard InChI is InChI=1S/C18H11ClN2O4/c19-14(10-12-4-2-1-3-5-12)11-16-18(22)25-17(20-16)13-6-8-15(9-7-13)21(23)24/h1-11H/b14-10-,16-11?. The monoisotopic (exact) mass is 354 g/mol. The van der Waals surface area contributed by atoms with Crippen molar-refractivity contribution >= 4 is 35.2 Å². The van der Waals surface area contributed by atoms with Gasteiger partial charge in [-0.15, -0.1) is 0 Å². The molecule has 7 heteroatoms. The van der Waals surface area contributed by atoms with Crippen molar-refractivity contribution in [1.29, 1.82) is 0 Å². The van der Waals surface area contributed by atoms with E-state index in [1.165, 1.54) is 30.3 Å². The van der Waals surface area contributed by atoms with Gasteiger partial charge in [0, 0.05) is 22.7 Å². The SMILES string of the molecule is O=C1OC(c2ccc([N+](=O)[O-])cc2)=NC1=C/C(Cl)=C/c1ccccc1. The number of nitro groups is 1. The van der Waals surface area contributed by atoms with Crippen LogP contribution in [0.25, 0.3) is 6.08 Å². The Morgan fingerprint density at radius 1 is 1.12 bits per heavy atom. The van der Waals surface area contributed by atoms with Gasteiger partial charge in [0.2, 0.25) is 5.90 Å². The minimum Gasteiger partial charge on any atom is -0.402 e. The Bertz CT molecular complexity index is 916. The minimum atomic E-state index is -0.632. The van der Waals surface area contributed by atoms with Gasteiger partial charge in [-0.3, -0.25) is 10.1 Å². The summed E-state index contributed by atoms with van der Waals surface area (Å²) in [6.45, 7) is 0. The number of hydrogen-bond donors (Lipinski definition) is 0. The van der Waals surface area contributed by atoms with Crippen LogP contribution in [0, 0.1) is 10.1 Å². The Morgan fingerprint density at radius 3 is 2.44 bits per heavy atom. The summed E-state index contributed by atoms with van der Waals surface area (Å²) >= 11 is 6.14. The van der Waals surface area contributed by atoms with Crippen LogP contribution in [0.1, 0.15) is 11.1 Å². The second-order valence-corrected chi connectivity index (χ2v) is 5.52. The van der Waals surface area contributed by atoms with E-state index in [2.05, 4.69) is 4.99 Å². The van der Waals surface area contributed by atoms with Gasteiger partial charge < -0.3 is 4.74 Å². The molecule has 6 nitrogen and oxygen atoms in total. The molecule has 1 aliphatic heterocycles. The summed E-state index contributed by atoms with van der Waals surface area (Å²) in [6, 6.07) is 14.9. The van der Waals surface area contributed by atoms with Gasteiger partial charge in [0.05, 0.1) is 4.92 Å². The van der Waals surface area contributed by atoms with Crippen molar-refractivity contribution < 1.29 is 14.5 Å². The number of esters is 1. The first-order valence-corrected chi connectivity index (χ1v) is 7.60. The van der Waals surface area contributed by atoms with Gasteiger partial charge in [0.25, 0.3) is 5.69 Å². The molecule has 1 aliphatic rings. The number of allylic oxidation sites excluding steroid dienone is 2. The lowest BCUT2D eigenvalue weighted by Gasteiger charge is -1.98. The summed E-state index contributed by atoms with van der Waals surface area (Å²) in [5.41, 5.74) is 1.35. The number of hydrogen-bond acceptors (Lipinski definition) is 5. The first-order valence-electron chi connectivity index (χ1n) is 7.22. The fourth-order valence-electron chi connectivity index (χ4n) is 2.14. The molecule has 0 aromatic heterocycles. The number of benzene rings is 2. The molecule has 0 saturated carbocycles. The second-order valence-electron chi connectivity index (χ2n) is 5.08. The highest BCUT2D eigenvalue weighted by Crippen LogP contribution is 2.21. The molecule has 0 unspecified atom stereocenters. The van der Waals surface area contributed by atoms with Crippen molar-refractivity contribution in [2.75, 3.05) is 0 Å². The van der Waals surface area contributed by atoms with E-state index in [9.17, 15) is 14.9 Å². The topological polar surface area (TPSA) is 81.8 Å². The molecule has 0 spiro atoms. The number of halogens is 1. The summed E-state index contributed by atoms with van der Waals surface area (Å²) in [5.74, 6) is -0.553. The molecule has 0 fully saturated rings. The quantitative estimate of drug-likeness (QED) is 0.359. The molecule has 0 aliphatic carbocycles. The van der Waals surface area contributed by atoms with Crippen molar-refractivity contribution in [3.05, 3.63) is 92.6 Å². The molecule has 25 heavy (non-hydrogen) atoms. The molecule has 0 atom stereocenters. The number of aliphatic imine (C=N–C) groups is 1. The number of ether oxygens (including phenoxy) is 1. The Morgan fingerprint density at radius 2 is 1.80 bits per heavy atom. The Balaban J connectivity index is 1.84. The van der Waals surface area contributed by atoms with Crippen molar-refractivity contribution in [3.8, 4) is 0 Å². The van der Waals surface area contributed by atoms with Gasteiger partial charge in [0.15, 0.2) is 5.70 Å². The van der Waals surface area contributed by atoms with E-state index >= 15 is 0 Å². The summed E-state index contributed by atoms with van der Waals surface area (Å²) in [4.78, 5) is 26.2. The average Bonchev–Trinajstić information content (AvgIpc) is 2.96. The van der Waals surface area contributed by atoms with Crippen molar-refractivity contribution in [1.82, 2.24) is 0 Å². The van der Waals surface area contributed by atoms with Gasteiger partial charge in [-0.1, -0.05) is 41.9 Å². The van der Waals surface area contributed by atoms with Gasteiger partial charge in [-0.2, -0.15) is 0 Å². The number of carbonyl (C=O) groups excluding carboxylic acids is 1. The van der Waals surface area contributed by atoms with Crippen molar-refractivity contribution in [3.63, 3.8) is 0 Å². The summed E-state index contributed by atoms with van der Waals surface area (Å²) in [5, 5.41) is 11.0. The lowest BCUT2D eigenvalue weighted by Crippen LogP contribution is -2.05. The predicted molar refractivity (Wildman–Crippen MR) is 94.1 cm³/mol. The molecule has 0 saturated heterocycles. The third-order valence-electron chi connectivity index (χ3n) is 3.32. The number of nitrogens with zero attached hydrogens (tertiary/aromatic N) is 2. The second kappa shape index (κ2) is 7.11. The van der Waals surface area contributed by atoms with Crippen molar-refractivity contribution in [2.45, 2.75) is 0 Å². The van der Waals surface area contributed by atoms with Crippen LogP contribution in [-0.4, -0.2) is 16.8 Å². The van der Waals surface area contributed by atoms with Gasteiger partial charge in [-0.05, 0) is 29.8 Å². The number of non-ortho nitro benzene ring substituents is 1. The minimum absolute atomic E-state index is 0.0572. The maximum Gasteiger partial charge on any atom is 0.363 e. The molecule has 3 rings (SSSR count). The normalized spacial score (nSPS) is 15.9. The molecule has 2 aromatic carbocycles. The summed E-state index contributed by atoms with van der Waals surface area (Å²) in [6.07, 6.45) is 3.11. The molecule has 124 valence electrons. The maximum atomic E-state index is 11.9. The largest absolute Gasteiger partial charge is 0.402 e. The zero-order valence-electron chi connectivity index (χ0n) is 12.8. The molecule has 0 radical (unpaired) electrons. The highest BCUT2D eigenvalue weighted by molar-refractivity contribution is 6.33. The molecular weight excluding hydrogens is 344 g/mol. The number of rotatable bonds is 4. The van der Waals surface area contributed by atoms with E-state index in [0.717, 1.165) is 5.56 Å². The van der Waals surface area contributed by atoms with Crippen LogP contribution in [0.3, 0.4) is 0 Å². The fraction of sp³-hybridized carbons (Fsp3) is 0. The van der Waals surface area contributed by atoms with E-state index < -0.39 is 10.9 Å². The van der Waals surface area contributed by atoms with Crippen LogP contribution >= 0.6 is 11.6 Å². The van der Waals surface area contributed by atoms with E-state index in [1.54, 1.807) is 6.08 Å². The van der Waals surface area contributed by atoms with E-state index in [1.807, 2.05) is 30.3 Å². The molecule has 1 heterocycles. The van der Waals surface area contributed by atoms with Gasteiger partial charge in [-0.25, -0.2) is 9.79 Å². The van der Waals surface area contributed by atoms with Crippen molar-refractivity contribution in [2.24, 2.45) is 4.99 Å². The highest BCUT2D eigenvalue weighted by Gasteiger charge is 2.24. The van der Waals surface area contributed by atoms with E-state index in [4.69, 9.17) is 16.3 Å². The van der Waals surface area contributed by atoms with E-state index in [0.29, 0.717) is 10.6 Å². The highest BCUT2D eigenvalue weighted by atomic mass is 35.5. The molecule has 2 aromatic rings. The van der Waals surface area contributed by atoms with Crippen LogP contribution in [0.4, 0.5) is 5.69 Å². The Kier molecular flexibility index (Phi) is 4.72. The Labute approximate surface area is 147 Å².